The van der Waals surface area contributed by atoms with Crippen molar-refractivity contribution in [3.63, 3.8) is 0 Å². The van der Waals surface area contributed by atoms with Gasteiger partial charge in [0, 0.05) is 0 Å². The summed E-state index contributed by atoms with van der Waals surface area (Å²) in [6, 6.07) is 0.189. The molecule has 0 fully saturated rings. The predicted octanol–water partition coefficient (Wildman–Crippen LogP) is 0.382. The van der Waals surface area contributed by atoms with Crippen molar-refractivity contribution in [3.05, 3.63) is 0 Å². The summed E-state index contributed by atoms with van der Waals surface area (Å²) in [5, 5.41) is 8.42. The zero-order valence-corrected chi connectivity index (χ0v) is 7.33. The van der Waals surface area contributed by atoms with E-state index >= 15 is 0 Å². The molecular weight excluding hydrogens is 176 g/mol. The smallest absolute Gasteiger partial charge is 0.413 e. The lowest BCUT2D eigenvalue weighted by molar-refractivity contribution is 0.186. The van der Waals surface area contributed by atoms with Crippen LogP contribution < -0.4 is 10.1 Å². The van der Waals surface area contributed by atoms with Crippen LogP contribution in [0, 0.1) is 0 Å². The average Bonchev–Trinajstić information content (AvgIpc) is 2.53. The maximum Gasteiger partial charge on any atom is 0.413 e. The molecule has 72 valence electrons. The normalized spacial score (nSPS) is 9.38. The summed E-state index contributed by atoms with van der Waals surface area (Å²) >= 11 is 0. The van der Waals surface area contributed by atoms with Crippen LogP contribution in [0.2, 0.25) is 0 Å². The number of methoxy groups -OCH3 is 1. The first-order valence-electron chi connectivity index (χ1n) is 3.66. The summed E-state index contributed by atoms with van der Waals surface area (Å²) in [5.74, 6) is 0.190. The van der Waals surface area contributed by atoms with E-state index in [1.807, 2.05) is 6.92 Å². The van der Waals surface area contributed by atoms with Gasteiger partial charge < -0.3 is 9.47 Å². The largest absolute Gasteiger partial charge is 0.463 e. The van der Waals surface area contributed by atoms with E-state index in [2.05, 4.69) is 25.2 Å². The highest BCUT2D eigenvalue weighted by Crippen LogP contribution is 2.04. The highest BCUT2D eigenvalue weighted by Gasteiger charge is 2.06. The van der Waals surface area contributed by atoms with E-state index in [1.165, 1.54) is 7.11 Å². The van der Waals surface area contributed by atoms with Crippen LogP contribution in [0.5, 0.6) is 6.01 Å². The van der Waals surface area contributed by atoms with Crippen LogP contribution in [0.4, 0.5) is 10.7 Å². The number of carbonyl (C=O) groups excluding carboxylic acids is 1. The molecule has 1 aromatic heterocycles. The number of aromatic nitrogens is 3. The second-order valence-electron chi connectivity index (χ2n) is 2.02. The highest BCUT2D eigenvalue weighted by atomic mass is 16.5. The number of amides is 1. The molecule has 0 aliphatic carbocycles. The van der Waals surface area contributed by atoms with Gasteiger partial charge in [-0.15, -0.1) is 5.10 Å². The lowest BCUT2D eigenvalue weighted by Crippen LogP contribution is -2.11. The quantitative estimate of drug-likeness (QED) is 0.712. The van der Waals surface area contributed by atoms with Gasteiger partial charge in [0.05, 0.1) is 13.7 Å². The number of hydrogen-bond acceptors (Lipinski definition) is 5. The summed E-state index contributed by atoms with van der Waals surface area (Å²) in [6.07, 6.45) is -0.612. The Hall–Kier alpha value is -1.79. The summed E-state index contributed by atoms with van der Waals surface area (Å²) < 4.78 is 9.30. The van der Waals surface area contributed by atoms with E-state index in [-0.39, 0.29) is 12.0 Å². The van der Waals surface area contributed by atoms with Crippen LogP contribution in [0.3, 0.4) is 0 Å². The fourth-order valence-corrected chi connectivity index (χ4v) is 0.644. The first-order valence-corrected chi connectivity index (χ1v) is 3.66. The fourth-order valence-electron chi connectivity index (χ4n) is 0.644. The molecule has 13 heavy (non-hydrogen) atoms. The van der Waals surface area contributed by atoms with Crippen molar-refractivity contribution in [3.8, 4) is 6.01 Å². The van der Waals surface area contributed by atoms with Gasteiger partial charge in [0.25, 0.3) is 0 Å². The Balaban J connectivity index is 2.53. The Kier molecular flexibility index (Phi) is 3.07. The standard InChI is InChI=1S/C6H10N4O3/c1-3-13-5-7-4(9-10-5)8-6(11)12-2/h3H2,1-2H3,(H2,7,8,9,10,11). The Labute approximate surface area is 74.4 Å². The van der Waals surface area contributed by atoms with E-state index in [0.717, 1.165) is 0 Å². The third-order valence-corrected chi connectivity index (χ3v) is 1.14. The topological polar surface area (TPSA) is 89.1 Å². The molecule has 0 atom stereocenters. The minimum Gasteiger partial charge on any atom is -0.463 e. The van der Waals surface area contributed by atoms with Crippen molar-refractivity contribution >= 4 is 12.0 Å². The van der Waals surface area contributed by atoms with Crippen LogP contribution in [0.15, 0.2) is 0 Å². The van der Waals surface area contributed by atoms with Crippen LogP contribution in [0.25, 0.3) is 0 Å². The molecule has 7 heteroatoms. The van der Waals surface area contributed by atoms with Gasteiger partial charge in [-0.2, -0.15) is 4.98 Å². The van der Waals surface area contributed by atoms with Gasteiger partial charge >= 0.3 is 12.1 Å². The lowest BCUT2D eigenvalue weighted by Gasteiger charge is -1.96. The summed E-state index contributed by atoms with van der Waals surface area (Å²) in [6.45, 7) is 2.28. The van der Waals surface area contributed by atoms with Crippen LogP contribution >= 0.6 is 0 Å². The van der Waals surface area contributed by atoms with Crippen LogP contribution in [-0.2, 0) is 4.74 Å². The van der Waals surface area contributed by atoms with E-state index < -0.39 is 6.09 Å². The minimum absolute atomic E-state index is 0.189. The number of rotatable bonds is 3. The molecule has 7 nitrogen and oxygen atoms in total. The Morgan fingerprint density at radius 1 is 1.69 bits per heavy atom. The molecule has 0 aliphatic rings. The van der Waals surface area contributed by atoms with Gasteiger partial charge in [-0.3, -0.25) is 5.32 Å². The predicted molar refractivity (Wildman–Crippen MR) is 43.6 cm³/mol. The molecular formula is C6H10N4O3. The van der Waals surface area contributed by atoms with Gasteiger partial charge in [0.2, 0.25) is 5.95 Å². The molecule has 0 bridgehead atoms. The van der Waals surface area contributed by atoms with E-state index in [1.54, 1.807) is 0 Å². The molecule has 1 aromatic rings. The summed E-state index contributed by atoms with van der Waals surface area (Å²) in [7, 11) is 1.26. The van der Waals surface area contributed by atoms with Crippen molar-refractivity contribution < 1.29 is 14.3 Å². The second-order valence-corrected chi connectivity index (χ2v) is 2.02. The number of carbonyl (C=O) groups is 1. The first-order chi connectivity index (χ1) is 6.26. The average molecular weight is 186 g/mol. The SMILES string of the molecule is CCOc1n[nH]c(NC(=O)OC)n1. The molecule has 1 rings (SSSR count). The van der Waals surface area contributed by atoms with Crippen molar-refractivity contribution in [1.29, 1.82) is 0 Å². The molecule has 0 aliphatic heterocycles. The van der Waals surface area contributed by atoms with Crippen molar-refractivity contribution in [2.75, 3.05) is 19.0 Å². The highest BCUT2D eigenvalue weighted by molar-refractivity contribution is 5.81. The number of H-pyrrole nitrogens is 1. The number of anilines is 1. The first kappa shape index (κ1) is 9.30. The monoisotopic (exact) mass is 186 g/mol. The molecule has 0 aromatic carbocycles. The molecule has 0 unspecified atom stereocenters. The third kappa shape index (κ3) is 2.62. The number of nitrogens with zero attached hydrogens (tertiary/aromatic N) is 2. The number of nitrogens with one attached hydrogen (secondary N) is 2. The zero-order chi connectivity index (χ0) is 9.68. The van der Waals surface area contributed by atoms with Gasteiger partial charge in [-0.25, -0.2) is 9.89 Å². The molecule has 0 radical (unpaired) electrons. The molecule has 0 saturated carbocycles. The zero-order valence-electron chi connectivity index (χ0n) is 7.33. The van der Waals surface area contributed by atoms with E-state index in [4.69, 9.17) is 4.74 Å². The maximum atomic E-state index is 10.7. The Bertz CT molecular complexity index is 285. The fraction of sp³-hybridized carbons (Fsp3) is 0.500. The van der Waals surface area contributed by atoms with Gasteiger partial charge in [0.1, 0.15) is 0 Å². The molecule has 2 N–H and O–H groups in total. The molecule has 1 amide bonds. The Morgan fingerprint density at radius 3 is 3.08 bits per heavy atom. The van der Waals surface area contributed by atoms with E-state index in [9.17, 15) is 4.79 Å². The molecule has 0 spiro atoms. The van der Waals surface area contributed by atoms with Crippen molar-refractivity contribution in [2.24, 2.45) is 0 Å². The number of hydrogen-bond donors (Lipinski definition) is 2. The number of ether oxygens (including phenoxy) is 2. The summed E-state index contributed by atoms with van der Waals surface area (Å²) in [5.41, 5.74) is 0. The minimum atomic E-state index is -0.612. The number of aromatic amines is 1. The molecule has 0 saturated heterocycles. The van der Waals surface area contributed by atoms with E-state index in [0.29, 0.717) is 6.61 Å². The molecule has 1 heterocycles. The van der Waals surface area contributed by atoms with Gasteiger partial charge in [0.15, 0.2) is 0 Å². The van der Waals surface area contributed by atoms with Gasteiger partial charge in [-0.1, -0.05) is 0 Å². The third-order valence-electron chi connectivity index (χ3n) is 1.14. The maximum absolute atomic E-state index is 10.7. The second kappa shape index (κ2) is 4.29. The summed E-state index contributed by atoms with van der Waals surface area (Å²) in [4.78, 5) is 14.5. The van der Waals surface area contributed by atoms with Crippen molar-refractivity contribution in [1.82, 2.24) is 15.2 Å². The Morgan fingerprint density at radius 2 is 2.46 bits per heavy atom. The lowest BCUT2D eigenvalue weighted by atomic mass is 10.9. The van der Waals surface area contributed by atoms with Crippen LogP contribution in [0.1, 0.15) is 6.92 Å². The van der Waals surface area contributed by atoms with Crippen LogP contribution in [-0.4, -0.2) is 35.0 Å². The van der Waals surface area contributed by atoms with Gasteiger partial charge in [-0.05, 0) is 6.92 Å². The van der Waals surface area contributed by atoms with Crippen molar-refractivity contribution in [2.45, 2.75) is 6.92 Å².